The summed E-state index contributed by atoms with van der Waals surface area (Å²) >= 11 is 12.6. The maximum Gasteiger partial charge on any atom is 0.336 e. The molecule has 0 bridgehead atoms. The second-order valence-corrected chi connectivity index (χ2v) is 6.48. The summed E-state index contributed by atoms with van der Waals surface area (Å²) in [5.41, 5.74) is 2.47. The van der Waals surface area contributed by atoms with Crippen molar-refractivity contribution in [3.05, 3.63) is 56.3 Å². The van der Waals surface area contributed by atoms with Crippen molar-refractivity contribution in [1.29, 1.82) is 0 Å². The smallest absolute Gasteiger partial charge is 0.336 e. The standard InChI is InChI=1S/C19H21Cl2NO4/c1-5-13-16(19(24)26-6-2)15(11-8-7-9-12(20)17(11)21)14(10(3)22-13)18(23)25-4/h7-9,15,22H,5-6H2,1-4H3. The van der Waals surface area contributed by atoms with Gasteiger partial charge >= 0.3 is 11.9 Å². The van der Waals surface area contributed by atoms with Crippen molar-refractivity contribution in [2.24, 2.45) is 0 Å². The van der Waals surface area contributed by atoms with E-state index in [-0.39, 0.29) is 11.6 Å². The van der Waals surface area contributed by atoms with Gasteiger partial charge in [-0.3, -0.25) is 0 Å². The predicted molar refractivity (Wildman–Crippen MR) is 101 cm³/mol. The zero-order chi connectivity index (χ0) is 19.4. The number of hydrogen-bond donors (Lipinski definition) is 1. The molecule has 1 heterocycles. The number of hydrogen-bond acceptors (Lipinski definition) is 5. The summed E-state index contributed by atoms with van der Waals surface area (Å²) in [6, 6.07) is 5.12. The number of halogens is 2. The summed E-state index contributed by atoms with van der Waals surface area (Å²) in [4.78, 5) is 25.2. The summed E-state index contributed by atoms with van der Waals surface area (Å²) in [7, 11) is 1.29. The summed E-state index contributed by atoms with van der Waals surface area (Å²) < 4.78 is 10.2. The Labute approximate surface area is 162 Å². The van der Waals surface area contributed by atoms with Crippen LogP contribution in [0.15, 0.2) is 40.7 Å². The molecule has 7 heteroatoms. The molecule has 1 aliphatic rings. The summed E-state index contributed by atoms with van der Waals surface area (Å²) in [5.74, 6) is -1.79. The Kier molecular flexibility index (Phi) is 6.73. The average molecular weight is 398 g/mol. The molecule has 0 radical (unpaired) electrons. The number of carbonyl (C=O) groups excluding carboxylic acids is 2. The Balaban J connectivity index is 2.78. The van der Waals surface area contributed by atoms with E-state index in [1.165, 1.54) is 7.11 Å². The SMILES string of the molecule is CCOC(=O)C1=C(CC)NC(C)=C(C(=O)OC)C1c1cccc(Cl)c1Cl. The number of ether oxygens (including phenoxy) is 2. The van der Waals surface area contributed by atoms with Crippen LogP contribution in [0.4, 0.5) is 0 Å². The monoisotopic (exact) mass is 397 g/mol. The van der Waals surface area contributed by atoms with Crippen molar-refractivity contribution in [3.8, 4) is 0 Å². The van der Waals surface area contributed by atoms with Crippen molar-refractivity contribution in [1.82, 2.24) is 5.32 Å². The Bertz CT molecular complexity index is 799. The van der Waals surface area contributed by atoms with Gasteiger partial charge in [0.05, 0.1) is 40.8 Å². The van der Waals surface area contributed by atoms with Crippen LogP contribution in [0.25, 0.3) is 0 Å². The van der Waals surface area contributed by atoms with E-state index in [1.54, 1.807) is 32.0 Å². The molecule has 0 aromatic heterocycles. The Morgan fingerprint density at radius 1 is 1.15 bits per heavy atom. The van der Waals surface area contributed by atoms with Gasteiger partial charge in [0.1, 0.15) is 0 Å². The number of esters is 2. The van der Waals surface area contributed by atoms with Gasteiger partial charge in [-0.05, 0) is 31.9 Å². The third-order valence-electron chi connectivity index (χ3n) is 4.19. The normalized spacial score (nSPS) is 17.1. The Morgan fingerprint density at radius 2 is 1.85 bits per heavy atom. The number of benzene rings is 1. The molecule has 26 heavy (non-hydrogen) atoms. The van der Waals surface area contributed by atoms with Gasteiger partial charge in [-0.2, -0.15) is 0 Å². The first-order valence-electron chi connectivity index (χ1n) is 8.27. The van der Waals surface area contributed by atoms with Crippen LogP contribution < -0.4 is 5.32 Å². The number of allylic oxidation sites excluding steroid dienone is 2. The molecule has 0 fully saturated rings. The van der Waals surface area contributed by atoms with E-state index in [9.17, 15) is 9.59 Å². The van der Waals surface area contributed by atoms with E-state index in [0.29, 0.717) is 39.5 Å². The summed E-state index contributed by atoms with van der Waals surface area (Å²) in [6.45, 7) is 5.61. The third-order valence-corrected chi connectivity index (χ3v) is 5.03. The molecular formula is C19H21Cl2NO4. The molecule has 140 valence electrons. The first-order chi connectivity index (χ1) is 12.4. The zero-order valence-electron chi connectivity index (χ0n) is 15.1. The molecule has 1 aromatic carbocycles. The number of carbonyl (C=O) groups is 2. The van der Waals surface area contributed by atoms with Gasteiger partial charge in [0, 0.05) is 11.4 Å². The number of methoxy groups -OCH3 is 1. The lowest BCUT2D eigenvalue weighted by Gasteiger charge is -2.31. The highest BCUT2D eigenvalue weighted by Crippen LogP contribution is 2.43. The zero-order valence-corrected chi connectivity index (χ0v) is 16.6. The van der Waals surface area contributed by atoms with Gasteiger partial charge < -0.3 is 14.8 Å². The minimum atomic E-state index is -0.733. The van der Waals surface area contributed by atoms with Crippen LogP contribution in [0.5, 0.6) is 0 Å². The number of dihydropyridines is 1. The quantitative estimate of drug-likeness (QED) is 0.747. The van der Waals surface area contributed by atoms with Gasteiger partial charge in [-0.1, -0.05) is 42.3 Å². The lowest BCUT2D eigenvalue weighted by Crippen LogP contribution is -2.33. The van der Waals surface area contributed by atoms with Crippen molar-refractivity contribution in [2.45, 2.75) is 33.1 Å². The minimum absolute atomic E-state index is 0.214. The van der Waals surface area contributed by atoms with Gasteiger partial charge in [0.15, 0.2) is 0 Å². The van der Waals surface area contributed by atoms with Crippen LogP contribution >= 0.6 is 23.2 Å². The minimum Gasteiger partial charge on any atom is -0.466 e. The van der Waals surface area contributed by atoms with E-state index in [1.807, 2.05) is 6.92 Å². The highest BCUT2D eigenvalue weighted by atomic mass is 35.5. The van der Waals surface area contributed by atoms with Crippen molar-refractivity contribution in [2.75, 3.05) is 13.7 Å². The van der Waals surface area contributed by atoms with Crippen molar-refractivity contribution >= 4 is 35.1 Å². The molecule has 5 nitrogen and oxygen atoms in total. The highest BCUT2D eigenvalue weighted by Gasteiger charge is 2.39. The second kappa shape index (κ2) is 8.60. The maximum absolute atomic E-state index is 12.7. The fourth-order valence-corrected chi connectivity index (χ4v) is 3.48. The molecule has 2 rings (SSSR count). The average Bonchev–Trinajstić information content (AvgIpc) is 2.62. The van der Waals surface area contributed by atoms with Crippen LogP contribution in [-0.2, 0) is 19.1 Å². The fourth-order valence-electron chi connectivity index (χ4n) is 3.06. The molecule has 1 aliphatic heterocycles. The lowest BCUT2D eigenvalue weighted by molar-refractivity contribution is -0.139. The third kappa shape index (κ3) is 3.74. The number of rotatable bonds is 5. The lowest BCUT2D eigenvalue weighted by atomic mass is 9.79. The molecule has 1 aromatic rings. The molecule has 1 atom stereocenters. The summed E-state index contributed by atoms with van der Waals surface area (Å²) in [5, 5.41) is 3.76. The van der Waals surface area contributed by atoms with Gasteiger partial charge in [-0.25, -0.2) is 9.59 Å². The van der Waals surface area contributed by atoms with E-state index in [2.05, 4.69) is 5.32 Å². The molecule has 0 aliphatic carbocycles. The van der Waals surface area contributed by atoms with E-state index in [4.69, 9.17) is 32.7 Å². The molecule has 0 spiro atoms. The first-order valence-corrected chi connectivity index (χ1v) is 9.03. The molecule has 1 unspecified atom stereocenters. The predicted octanol–water partition coefficient (Wildman–Crippen LogP) is 4.35. The molecule has 0 saturated heterocycles. The largest absolute Gasteiger partial charge is 0.466 e. The first kappa shape index (κ1) is 20.3. The topological polar surface area (TPSA) is 64.6 Å². The molecule has 1 N–H and O–H groups in total. The van der Waals surface area contributed by atoms with Crippen LogP contribution in [0.2, 0.25) is 10.0 Å². The van der Waals surface area contributed by atoms with Crippen LogP contribution in [-0.4, -0.2) is 25.7 Å². The Morgan fingerprint density at radius 3 is 2.42 bits per heavy atom. The van der Waals surface area contributed by atoms with Gasteiger partial charge in [0.25, 0.3) is 0 Å². The summed E-state index contributed by atoms with van der Waals surface area (Å²) in [6.07, 6.45) is 0.550. The van der Waals surface area contributed by atoms with Crippen LogP contribution in [0.3, 0.4) is 0 Å². The fraction of sp³-hybridized carbons (Fsp3) is 0.368. The molecular weight excluding hydrogens is 377 g/mol. The Hall–Kier alpha value is -1.98. The van der Waals surface area contributed by atoms with Crippen molar-refractivity contribution < 1.29 is 19.1 Å². The number of nitrogens with one attached hydrogen (secondary N) is 1. The molecule has 0 amide bonds. The van der Waals surface area contributed by atoms with Crippen LogP contribution in [0.1, 0.15) is 38.7 Å². The van der Waals surface area contributed by atoms with Crippen molar-refractivity contribution in [3.63, 3.8) is 0 Å². The van der Waals surface area contributed by atoms with Gasteiger partial charge in [0.2, 0.25) is 0 Å². The van der Waals surface area contributed by atoms with E-state index in [0.717, 1.165) is 0 Å². The second-order valence-electron chi connectivity index (χ2n) is 5.70. The van der Waals surface area contributed by atoms with Gasteiger partial charge in [-0.15, -0.1) is 0 Å². The highest BCUT2D eigenvalue weighted by molar-refractivity contribution is 6.42. The van der Waals surface area contributed by atoms with Crippen LogP contribution in [0, 0.1) is 0 Å². The molecule has 0 saturated carbocycles. The maximum atomic E-state index is 12.7. The van der Waals surface area contributed by atoms with E-state index >= 15 is 0 Å². The van der Waals surface area contributed by atoms with E-state index < -0.39 is 17.9 Å².